The number of carbonyl (C=O) groups excluding carboxylic acids is 2. The molecule has 1 aromatic carbocycles. The third-order valence-corrected chi connectivity index (χ3v) is 3.44. The van der Waals surface area contributed by atoms with E-state index in [0.717, 1.165) is 4.90 Å². The molecule has 116 valence electrons. The molecule has 6 nitrogen and oxygen atoms in total. The fraction of sp³-hybridized carbons (Fsp3) is 0.267. The van der Waals surface area contributed by atoms with Crippen molar-refractivity contribution in [3.05, 3.63) is 47.0 Å². The topological polar surface area (TPSA) is 94.9 Å². The summed E-state index contributed by atoms with van der Waals surface area (Å²) in [5, 5.41) is 18.7. The molecule has 1 amide bonds. The standard InChI is InChI=1S/C15H14FNO5/c1-8(18)12-13(9-2-4-10(16)5-3-9)17(7-6-11(19)20)15(22)14(12)21/h2-5,13,21H,6-7H2,1H3,(H,19,20)/t13-/m0/s1. The van der Waals surface area contributed by atoms with Crippen LogP contribution < -0.4 is 0 Å². The van der Waals surface area contributed by atoms with Gasteiger partial charge in [0.2, 0.25) is 0 Å². The minimum Gasteiger partial charge on any atom is -0.503 e. The van der Waals surface area contributed by atoms with Crippen molar-refractivity contribution < 1.29 is 29.0 Å². The van der Waals surface area contributed by atoms with E-state index in [-0.39, 0.29) is 18.5 Å². The van der Waals surface area contributed by atoms with Crippen molar-refractivity contribution in [2.45, 2.75) is 19.4 Å². The van der Waals surface area contributed by atoms with Crippen molar-refractivity contribution in [3.63, 3.8) is 0 Å². The summed E-state index contributed by atoms with van der Waals surface area (Å²) in [6, 6.07) is 4.21. The van der Waals surface area contributed by atoms with Gasteiger partial charge in [-0.1, -0.05) is 12.1 Å². The number of aliphatic hydroxyl groups is 1. The number of carboxylic acid groups (broad SMARTS) is 1. The monoisotopic (exact) mass is 307 g/mol. The molecule has 0 radical (unpaired) electrons. The summed E-state index contributed by atoms with van der Waals surface area (Å²) in [6.45, 7) is 1.03. The highest BCUT2D eigenvalue weighted by Crippen LogP contribution is 2.37. The van der Waals surface area contributed by atoms with Crippen LogP contribution >= 0.6 is 0 Å². The molecule has 7 heteroatoms. The van der Waals surface area contributed by atoms with Gasteiger partial charge in [-0.2, -0.15) is 0 Å². The fourth-order valence-corrected chi connectivity index (χ4v) is 2.45. The van der Waals surface area contributed by atoms with Crippen molar-refractivity contribution >= 4 is 17.7 Å². The van der Waals surface area contributed by atoms with Gasteiger partial charge in [-0.05, 0) is 24.6 Å². The number of Topliss-reactive ketones (excluding diaryl/α,β-unsaturated/α-hetero) is 1. The zero-order valence-electron chi connectivity index (χ0n) is 11.7. The molecule has 2 rings (SSSR count). The number of rotatable bonds is 5. The summed E-state index contributed by atoms with van der Waals surface area (Å²) in [7, 11) is 0. The summed E-state index contributed by atoms with van der Waals surface area (Å²) in [6.07, 6.45) is -0.331. The predicted octanol–water partition coefficient (Wildman–Crippen LogP) is 1.58. The molecule has 0 saturated heterocycles. The van der Waals surface area contributed by atoms with Crippen LogP contribution in [-0.4, -0.2) is 39.3 Å². The van der Waals surface area contributed by atoms with E-state index in [9.17, 15) is 23.9 Å². The molecular weight excluding hydrogens is 293 g/mol. The van der Waals surface area contributed by atoms with Gasteiger partial charge in [-0.25, -0.2) is 4.39 Å². The highest BCUT2D eigenvalue weighted by Gasteiger charge is 2.42. The Balaban J connectivity index is 2.45. The molecule has 1 aromatic rings. The Bertz CT molecular complexity index is 665. The number of halogens is 1. The van der Waals surface area contributed by atoms with Crippen LogP contribution in [0.15, 0.2) is 35.6 Å². The maximum Gasteiger partial charge on any atom is 0.305 e. The number of benzene rings is 1. The summed E-state index contributed by atoms with van der Waals surface area (Å²) >= 11 is 0. The first-order chi connectivity index (χ1) is 10.3. The third-order valence-electron chi connectivity index (χ3n) is 3.44. The average Bonchev–Trinajstić information content (AvgIpc) is 2.70. The highest BCUT2D eigenvalue weighted by atomic mass is 19.1. The molecule has 0 unspecified atom stereocenters. The Morgan fingerprint density at radius 1 is 1.27 bits per heavy atom. The molecule has 0 aliphatic carbocycles. The first-order valence-corrected chi connectivity index (χ1v) is 6.55. The van der Waals surface area contributed by atoms with Gasteiger partial charge in [0.15, 0.2) is 11.5 Å². The third kappa shape index (κ3) is 2.83. The van der Waals surface area contributed by atoms with E-state index >= 15 is 0 Å². The molecule has 1 heterocycles. The van der Waals surface area contributed by atoms with Gasteiger partial charge in [0.05, 0.1) is 18.0 Å². The molecule has 22 heavy (non-hydrogen) atoms. The van der Waals surface area contributed by atoms with Crippen molar-refractivity contribution in [2.24, 2.45) is 0 Å². The number of hydrogen-bond donors (Lipinski definition) is 2. The van der Waals surface area contributed by atoms with Gasteiger partial charge in [-0.3, -0.25) is 14.4 Å². The number of amides is 1. The summed E-state index contributed by atoms with van der Waals surface area (Å²) in [4.78, 5) is 35.7. The summed E-state index contributed by atoms with van der Waals surface area (Å²) in [5.41, 5.74) is 0.316. The summed E-state index contributed by atoms with van der Waals surface area (Å²) in [5.74, 6) is -3.59. The van der Waals surface area contributed by atoms with Crippen molar-refractivity contribution in [2.75, 3.05) is 6.54 Å². The number of ketones is 1. The van der Waals surface area contributed by atoms with Gasteiger partial charge in [0.25, 0.3) is 5.91 Å². The largest absolute Gasteiger partial charge is 0.503 e. The molecule has 0 saturated carbocycles. The lowest BCUT2D eigenvalue weighted by molar-refractivity contribution is -0.138. The van der Waals surface area contributed by atoms with E-state index in [1.165, 1.54) is 31.2 Å². The van der Waals surface area contributed by atoms with E-state index < -0.39 is 35.3 Å². The molecule has 1 aliphatic rings. The molecular formula is C15H14FNO5. The quantitative estimate of drug-likeness (QED) is 0.861. The number of aliphatic carboxylic acids is 1. The van der Waals surface area contributed by atoms with E-state index in [1.807, 2.05) is 0 Å². The van der Waals surface area contributed by atoms with Gasteiger partial charge in [0.1, 0.15) is 5.82 Å². The highest BCUT2D eigenvalue weighted by molar-refractivity contribution is 6.08. The van der Waals surface area contributed by atoms with E-state index in [0.29, 0.717) is 5.56 Å². The Hall–Kier alpha value is -2.70. The molecule has 0 bridgehead atoms. The normalized spacial score (nSPS) is 18.0. The minimum absolute atomic E-state index is 0.109. The molecule has 0 aromatic heterocycles. The summed E-state index contributed by atoms with van der Waals surface area (Å²) < 4.78 is 13.0. The van der Waals surface area contributed by atoms with Crippen LogP contribution in [0.25, 0.3) is 0 Å². The van der Waals surface area contributed by atoms with Crippen LogP contribution in [0.1, 0.15) is 24.9 Å². The maximum atomic E-state index is 13.0. The van der Waals surface area contributed by atoms with Gasteiger partial charge >= 0.3 is 5.97 Å². The Morgan fingerprint density at radius 2 is 1.86 bits per heavy atom. The van der Waals surface area contributed by atoms with E-state index in [2.05, 4.69) is 0 Å². The van der Waals surface area contributed by atoms with Gasteiger partial charge in [0, 0.05) is 6.54 Å². The number of aliphatic hydroxyl groups excluding tert-OH is 1. The SMILES string of the molecule is CC(=O)C1=C(O)C(=O)N(CCC(=O)O)[C@H]1c1ccc(F)cc1. The first-order valence-electron chi connectivity index (χ1n) is 6.55. The Kier molecular flexibility index (Phi) is 4.25. The van der Waals surface area contributed by atoms with Crippen LogP contribution in [0.3, 0.4) is 0 Å². The average molecular weight is 307 g/mol. The predicted molar refractivity (Wildman–Crippen MR) is 73.4 cm³/mol. The Morgan fingerprint density at radius 3 is 2.36 bits per heavy atom. The van der Waals surface area contributed by atoms with Crippen molar-refractivity contribution in [1.82, 2.24) is 4.90 Å². The van der Waals surface area contributed by atoms with Crippen LogP contribution in [0.4, 0.5) is 4.39 Å². The van der Waals surface area contributed by atoms with Gasteiger partial charge in [-0.15, -0.1) is 0 Å². The van der Waals surface area contributed by atoms with E-state index in [1.54, 1.807) is 0 Å². The van der Waals surface area contributed by atoms with Crippen LogP contribution in [-0.2, 0) is 14.4 Å². The van der Waals surface area contributed by atoms with E-state index in [4.69, 9.17) is 5.11 Å². The number of carboxylic acids is 1. The molecule has 1 atom stereocenters. The molecule has 0 spiro atoms. The second kappa shape index (κ2) is 5.97. The van der Waals surface area contributed by atoms with Crippen molar-refractivity contribution in [1.29, 1.82) is 0 Å². The van der Waals surface area contributed by atoms with Crippen LogP contribution in [0.2, 0.25) is 0 Å². The Labute approximate surface area is 125 Å². The second-order valence-corrected chi connectivity index (χ2v) is 4.91. The second-order valence-electron chi connectivity index (χ2n) is 4.91. The smallest absolute Gasteiger partial charge is 0.305 e. The van der Waals surface area contributed by atoms with Crippen LogP contribution in [0, 0.1) is 5.82 Å². The van der Waals surface area contributed by atoms with Gasteiger partial charge < -0.3 is 15.1 Å². The number of nitrogens with zero attached hydrogens (tertiary/aromatic N) is 1. The number of carbonyl (C=O) groups is 3. The van der Waals surface area contributed by atoms with Crippen molar-refractivity contribution in [3.8, 4) is 0 Å². The molecule has 1 aliphatic heterocycles. The first kappa shape index (κ1) is 15.7. The zero-order valence-corrected chi connectivity index (χ0v) is 11.7. The minimum atomic E-state index is -1.11. The molecule has 2 N–H and O–H groups in total. The number of hydrogen-bond acceptors (Lipinski definition) is 4. The van der Waals surface area contributed by atoms with Crippen LogP contribution in [0.5, 0.6) is 0 Å². The lowest BCUT2D eigenvalue weighted by atomic mass is 9.96. The maximum absolute atomic E-state index is 13.0. The fourth-order valence-electron chi connectivity index (χ4n) is 2.45. The molecule has 0 fully saturated rings. The zero-order chi connectivity index (χ0) is 16.4. The lowest BCUT2D eigenvalue weighted by Gasteiger charge is -2.26. The lowest BCUT2D eigenvalue weighted by Crippen LogP contribution is -2.33.